The first-order valence-electron chi connectivity index (χ1n) is 20.0. The van der Waals surface area contributed by atoms with E-state index in [0.717, 1.165) is 0 Å². The Morgan fingerprint density at radius 3 is 0.765 bits per heavy atom. The second kappa shape index (κ2) is 20.3. The number of carboxylic acids is 4. The van der Waals surface area contributed by atoms with Crippen molar-refractivity contribution in [2.24, 2.45) is 0 Å². The van der Waals surface area contributed by atoms with Gasteiger partial charge in [-0.15, -0.1) is 0 Å². The Morgan fingerprint density at radius 2 is 0.544 bits per heavy atom. The van der Waals surface area contributed by atoms with Crippen LogP contribution in [0.1, 0.15) is 105 Å². The quantitative estimate of drug-likeness (QED) is 0.0425. The summed E-state index contributed by atoms with van der Waals surface area (Å²) in [6, 6.07) is 24.5. The summed E-state index contributed by atoms with van der Waals surface area (Å²) in [6.45, 7) is 14.5. The number of carboxylic acid groups (broad SMARTS) is 4. The van der Waals surface area contributed by atoms with Crippen molar-refractivity contribution in [1.29, 1.82) is 0 Å². The highest BCUT2D eigenvalue weighted by Crippen LogP contribution is 2.35. The second-order valence-corrected chi connectivity index (χ2v) is 14.6. The van der Waals surface area contributed by atoms with Gasteiger partial charge in [-0.2, -0.15) is 0 Å². The van der Waals surface area contributed by atoms with Crippen LogP contribution < -0.4 is 21.3 Å². The van der Waals surface area contributed by atoms with E-state index in [1.54, 1.807) is 0 Å². The summed E-state index contributed by atoms with van der Waals surface area (Å²) in [5.41, 5.74) is -0.560. The molecule has 0 radical (unpaired) electrons. The van der Waals surface area contributed by atoms with Crippen molar-refractivity contribution < 1.29 is 58.8 Å². The third-order valence-electron chi connectivity index (χ3n) is 10.4. The van der Waals surface area contributed by atoms with Crippen LogP contribution in [0.2, 0.25) is 0 Å². The molecule has 0 aromatic heterocycles. The molecule has 6 aromatic carbocycles. The van der Waals surface area contributed by atoms with Crippen LogP contribution >= 0.6 is 0 Å². The molecule has 0 fully saturated rings. The number of benzene rings is 6. The van der Waals surface area contributed by atoms with E-state index < -0.39 is 47.5 Å². The molecule has 0 heterocycles. The van der Waals surface area contributed by atoms with Crippen LogP contribution in [0, 0.1) is 0 Å². The monoisotopic (exact) mass is 910 g/mol. The van der Waals surface area contributed by atoms with Gasteiger partial charge in [0.15, 0.2) is 0 Å². The van der Waals surface area contributed by atoms with Crippen LogP contribution in [0.4, 0.5) is 22.7 Å². The van der Waals surface area contributed by atoms with Crippen molar-refractivity contribution in [2.75, 3.05) is 21.3 Å². The molecule has 6 aromatic rings. The normalized spacial score (nSPS) is 10.4. The van der Waals surface area contributed by atoms with E-state index >= 15 is 0 Å². The van der Waals surface area contributed by atoms with Gasteiger partial charge >= 0.3 is 23.9 Å². The van der Waals surface area contributed by atoms with E-state index in [9.17, 15) is 58.8 Å². The van der Waals surface area contributed by atoms with Gasteiger partial charge in [-0.05, 0) is 106 Å². The van der Waals surface area contributed by atoms with Crippen molar-refractivity contribution in [3.8, 4) is 11.1 Å². The van der Waals surface area contributed by atoms with Crippen LogP contribution in [0.3, 0.4) is 0 Å². The second-order valence-electron chi connectivity index (χ2n) is 14.6. The first-order valence-corrected chi connectivity index (χ1v) is 20.0. The standard InChI is InChI=1S/C52H38N4O12/c1-5-27-9-15-33(37(21-27)49(61)62)45(57)53-41-19-13-31(25-43(41)55-47(59)35-17-11-29(7-3)23-39(35)51(65)66)32-14-20-42(54-46(58)34-16-10-28(6-2)22-38(34)50(63)64)44(26-32)56-48(60)36-18-12-30(8-4)24-40(36)52(67)68/h5-26H,1-4H2,(H,53,57)(H,54,58)(H,55,59)(H,56,60)(H,61,62)(H,63,64)(H,65,66)(H,67,68). The van der Waals surface area contributed by atoms with Crippen molar-refractivity contribution in [1.82, 2.24) is 0 Å². The third kappa shape index (κ3) is 10.4. The maximum Gasteiger partial charge on any atom is 0.336 e. The van der Waals surface area contributed by atoms with Gasteiger partial charge < -0.3 is 41.7 Å². The lowest BCUT2D eigenvalue weighted by molar-refractivity contribution is 0.0683. The minimum absolute atomic E-state index is 0.0610. The molecule has 0 aliphatic carbocycles. The number of nitrogens with one attached hydrogen (secondary N) is 4. The zero-order valence-corrected chi connectivity index (χ0v) is 35.6. The number of hydrogen-bond acceptors (Lipinski definition) is 8. The summed E-state index contributed by atoms with van der Waals surface area (Å²) in [6.07, 6.45) is 5.58. The summed E-state index contributed by atoms with van der Waals surface area (Å²) in [5.74, 6) is -9.28. The molecule has 0 spiro atoms. The summed E-state index contributed by atoms with van der Waals surface area (Å²) >= 11 is 0. The van der Waals surface area contributed by atoms with E-state index in [-0.39, 0.29) is 78.4 Å². The molecule has 0 atom stereocenters. The fourth-order valence-electron chi connectivity index (χ4n) is 6.89. The van der Waals surface area contributed by atoms with E-state index in [1.807, 2.05) is 0 Å². The SMILES string of the molecule is C=Cc1ccc(C(=O)Nc2ccc(-c3ccc(NC(=O)c4ccc(C=C)cc4C(=O)O)c(NC(=O)c4ccc(C=C)cc4C(=O)O)c3)cc2NC(=O)c2ccc(C=C)cc2C(=O)O)c(C(=O)O)c1. The smallest absolute Gasteiger partial charge is 0.336 e. The number of carbonyl (C=O) groups is 8. The lowest BCUT2D eigenvalue weighted by Crippen LogP contribution is -2.20. The molecule has 0 aliphatic heterocycles. The number of carbonyl (C=O) groups excluding carboxylic acids is 4. The number of aromatic carboxylic acids is 4. The number of hydrogen-bond donors (Lipinski definition) is 8. The summed E-state index contributed by atoms with van der Waals surface area (Å²) in [7, 11) is 0. The first kappa shape index (κ1) is 47.5. The molecular formula is C52H38N4O12. The Labute approximate surface area is 386 Å². The molecule has 0 aliphatic rings. The zero-order valence-electron chi connectivity index (χ0n) is 35.6. The molecule has 16 nitrogen and oxygen atoms in total. The van der Waals surface area contributed by atoms with Crippen LogP contribution in [-0.2, 0) is 0 Å². The highest BCUT2D eigenvalue weighted by molar-refractivity contribution is 6.17. The van der Waals surface area contributed by atoms with Crippen molar-refractivity contribution in [3.05, 3.63) is 202 Å². The average Bonchev–Trinajstić information content (AvgIpc) is 3.33. The third-order valence-corrected chi connectivity index (χ3v) is 10.4. The van der Waals surface area contributed by atoms with E-state index in [0.29, 0.717) is 22.3 Å². The van der Waals surface area contributed by atoms with Crippen molar-refractivity contribution >= 4 is 94.6 Å². The van der Waals surface area contributed by atoms with E-state index in [4.69, 9.17) is 0 Å². The van der Waals surface area contributed by atoms with Gasteiger partial charge in [0, 0.05) is 0 Å². The largest absolute Gasteiger partial charge is 0.478 e. The Bertz CT molecular complexity index is 2990. The van der Waals surface area contributed by atoms with Crippen LogP contribution in [0.25, 0.3) is 35.4 Å². The number of rotatable bonds is 17. The van der Waals surface area contributed by atoms with Crippen molar-refractivity contribution in [2.45, 2.75) is 0 Å². The lowest BCUT2D eigenvalue weighted by Gasteiger charge is -2.18. The Balaban J connectivity index is 1.48. The predicted molar refractivity (Wildman–Crippen MR) is 258 cm³/mol. The molecule has 6 rings (SSSR count). The molecule has 8 N–H and O–H groups in total. The van der Waals surface area contributed by atoms with Gasteiger partial charge in [0.2, 0.25) is 0 Å². The maximum absolute atomic E-state index is 13.9. The topological polar surface area (TPSA) is 266 Å². The van der Waals surface area contributed by atoms with Gasteiger partial charge in [-0.3, -0.25) is 19.2 Å². The minimum Gasteiger partial charge on any atom is -0.478 e. The maximum atomic E-state index is 13.9. The molecule has 0 unspecified atom stereocenters. The zero-order chi connectivity index (χ0) is 49.4. The van der Waals surface area contributed by atoms with Crippen LogP contribution in [-0.4, -0.2) is 67.9 Å². The summed E-state index contributed by atoms with van der Waals surface area (Å²) in [5, 5.41) is 50.3. The molecule has 0 saturated carbocycles. The molecule has 0 bridgehead atoms. The molecule has 4 amide bonds. The summed E-state index contributed by atoms with van der Waals surface area (Å²) < 4.78 is 0. The Kier molecular flexibility index (Phi) is 14.2. The molecule has 16 heteroatoms. The first-order chi connectivity index (χ1) is 32.5. The van der Waals surface area contributed by atoms with E-state index in [1.165, 1.54) is 133 Å². The number of anilines is 4. The van der Waals surface area contributed by atoms with Crippen LogP contribution in [0.15, 0.2) is 136 Å². The van der Waals surface area contributed by atoms with Gasteiger partial charge in [-0.1, -0.05) is 87.0 Å². The van der Waals surface area contributed by atoms with Gasteiger partial charge in [0.1, 0.15) is 0 Å². The Hall–Kier alpha value is -9.96. The fraction of sp³-hybridized carbons (Fsp3) is 0. The highest BCUT2D eigenvalue weighted by Gasteiger charge is 2.24. The number of amides is 4. The molecule has 68 heavy (non-hydrogen) atoms. The van der Waals surface area contributed by atoms with Crippen molar-refractivity contribution in [3.63, 3.8) is 0 Å². The minimum atomic E-state index is -1.42. The van der Waals surface area contributed by atoms with Gasteiger partial charge in [0.05, 0.1) is 67.3 Å². The molecule has 0 saturated heterocycles. The molecule has 338 valence electrons. The van der Waals surface area contributed by atoms with Gasteiger partial charge in [0.25, 0.3) is 23.6 Å². The van der Waals surface area contributed by atoms with E-state index in [2.05, 4.69) is 47.6 Å². The summed E-state index contributed by atoms with van der Waals surface area (Å²) in [4.78, 5) is 104. The molecular weight excluding hydrogens is 873 g/mol. The fourth-order valence-corrected chi connectivity index (χ4v) is 6.89. The lowest BCUT2D eigenvalue weighted by atomic mass is 10.00. The average molecular weight is 911 g/mol. The van der Waals surface area contributed by atoms with Crippen LogP contribution in [0.5, 0.6) is 0 Å². The highest BCUT2D eigenvalue weighted by atomic mass is 16.4. The Morgan fingerprint density at radius 1 is 0.309 bits per heavy atom. The predicted octanol–water partition coefficient (Wildman–Crippen LogP) is 9.73. The van der Waals surface area contributed by atoms with Gasteiger partial charge in [-0.25, -0.2) is 19.2 Å².